The maximum Gasteiger partial charge on any atom is 0.228 e. The first-order valence-corrected chi connectivity index (χ1v) is 8.30. The lowest BCUT2D eigenvalue weighted by Gasteiger charge is -2.08. The Kier molecular flexibility index (Phi) is 4.93. The van der Waals surface area contributed by atoms with Gasteiger partial charge in [-0.15, -0.1) is 0 Å². The molecule has 0 aromatic heterocycles. The number of para-hydroxylation sites is 1. The van der Waals surface area contributed by atoms with E-state index in [2.05, 4.69) is 10.6 Å². The van der Waals surface area contributed by atoms with Gasteiger partial charge >= 0.3 is 0 Å². The first-order valence-electron chi connectivity index (χ1n) is 7.55. The highest BCUT2D eigenvalue weighted by Crippen LogP contribution is 2.40. The number of rotatable bonds is 4. The summed E-state index contributed by atoms with van der Waals surface area (Å²) >= 11 is 11.8. The lowest BCUT2D eigenvalue weighted by atomic mass is 10.2. The molecule has 1 aliphatic carbocycles. The molecule has 1 aliphatic rings. The van der Waals surface area contributed by atoms with Crippen LogP contribution in [0.2, 0.25) is 10.0 Å². The van der Waals surface area contributed by atoms with E-state index in [1.807, 2.05) is 6.07 Å². The van der Waals surface area contributed by atoms with Gasteiger partial charge in [-0.05, 0) is 36.8 Å². The maximum absolute atomic E-state index is 12.3. The summed E-state index contributed by atoms with van der Waals surface area (Å²) in [6.07, 6.45) is 0.459. The van der Waals surface area contributed by atoms with E-state index in [-0.39, 0.29) is 11.8 Å². The van der Waals surface area contributed by atoms with E-state index in [4.69, 9.17) is 28.5 Å². The Morgan fingerprint density at radius 2 is 1.60 bits per heavy atom. The van der Waals surface area contributed by atoms with Crippen molar-refractivity contribution in [1.82, 2.24) is 0 Å². The molecule has 25 heavy (non-hydrogen) atoms. The van der Waals surface area contributed by atoms with E-state index >= 15 is 0 Å². The molecule has 3 rings (SSSR count). The number of nitriles is 1. The molecule has 2 aromatic carbocycles. The zero-order chi connectivity index (χ0) is 18.0. The van der Waals surface area contributed by atoms with Gasteiger partial charge in [0, 0.05) is 15.7 Å². The average Bonchev–Trinajstić information content (AvgIpc) is 3.35. The van der Waals surface area contributed by atoms with Crippen molar-refractivity contribution in [2.24, 2.45) is 11.8 Å². The fourth-order valence-corrected chi connectivity index (χ4v) is 3.08. The number of nitrogens with one attached hydrogen (secondary N) is 2. The largest absolute Gasteiger partial charge is 0.326 e. The summed E-state index contributed by atoms with van der Waals surface area (Å²) in [6.45, 7) is 0. The second-order valence-electron chi connectivity index (χ2n) is 5.74. The van der Waals surface area contributed by atoms with Crippen LogP contribution in [0.15, 0.2) is 42.5 Å². The standard InChI is InChI=1S/C18H13Cl2N3O2/c19-11-5-12(20)7-13(6-11)22-17(24)14-8-15(14)18(25)23-16-4-2-1-3-10(16)9-21/h1-7,14-15H,8H2,(H,22,24)(H,23,25). The van der Waals surface area contributed by atoms with E-state index < -0.39 is 11.8 Å². The minimum absolute atomic E-state index is 0.257. The zero-order valence-corrected chi connectivity index (χ0v) is 14.4. The molecule has 2 aromatic rings. The third kappa shape index (κ3) is 4.11. The third-order valence-electron chi connectivity index (χ3n) is 3.90. The van der Waals surface area contributed by atoms with Gasteiger partial charge in [-0.1, -0.05) is 35.3 Å². The molecule has 1 saturated carbocycles. The van der Waals surface area contributed by atoms with Crippen LogP contribution < -0.4 is 10.6 Å². The summed E-state index contributed by atoms with van der Waals surface area (Å²) in [4.78, 5) is 24.5. The first kappa shape index (κ1) is 17.3. The predicted molar refractivity (Wildman–Crippen MR) is 96.5 cm³/mol. The highest BCUT2D eigenvalue weighted by Gasteiger charge is 2.48. The third-order valence-corrected chi connectivity index (χ3v) is 4.34. The smallest absolute Gasteiger partial charge is 0.228 e. The molecule has 0 heterocycles. The number of amides is 2. The van der Waals surface area contributed by atoms with Crippen LogP contribution in [0.1, 0.15) is 12.0 Å². The quantitative estimate of drug-likeness (QED) is 0.846. The van der Waals surface area contributed by atoms with Gasteiger partial charge in [0.25, 0.3) is 0 Å². The summed E-state index contributed by atoms with van der Waals surface area (Å²) < 4.78 is 0. The molecule has 0 saturated heterocycles. The Hall–Kier alpha value is -2.55. The lowest BCUT2D eigenvalue weighted by Crippen LogP contribution is -2.21. The van der Waals surface area contributed by atoms with Gasteiger partial charge in [0.15, 0.2) is 0 Å². The summed E-state index contributed by atoms with van der Waals surface area (Å²) in [7, 11) is 0. The maximum atomic E-state index is 12.3. The van der Waals surface area contributed by atoms with Crippen molar-refractivity contribution in [2.45, 2.75) is 6.42 Å². The van der Waals surface area contributed by atoms with Crippen LogP contribution in [-0.2, 0) is 9.59 Å². The summed E-state index contributed by atoms with van der Waals surface area (Å²) in [5.74, 6) is -1.35. The Labute approximate surface area is 154 Å². The number of halogens is 2. The molecule has 7 heteroatoms. The molecule has 5 nitrogen and oxygen atoms in total. The summed E-state index contributed by atoms with van der Waals surface area (Å²) in [6, 6.07) is 13.5. The van der Waals surface area contributed by atoms with Crippen LogP contribution >= 0.6 is 23.2 Å². The fraction of sp³-hybridized carbons (Fsp3) is 0.167. The van der Waals surface area contributed by atoms with Crippen molar-refractivity contribution in [3.63, 3.8) is 0 Å². The van der Waals surface area contributed by atoms with Gasteiger partial charge in [0.05, 0.1) is 23.1 Å². The van der Waals surface area contributed by atoms with E-state index in [1.54, 1.807) is 42.5 Å². The molecular weight excluding hydrogens is 361 g/mol. The predicted octanol–water partition coefficient (Wildman–Crippen LogP) is 4.08. The number of hydrogen-bond acceptors (Lipinski definition) is 3. The summed E-state index contributed by atoms with van der Waals surface area (Å²) in [5.41, 5.74) is 1.32. The van der Waals surface area contributed by atoms with E-state index in [9.17, 15) is 9.59 Å². The SMILES string of the molecule is N#Cc1ccccc1NC(=O)C1CC1C(=O)Nc1cc(Cl)cc(Cl)c1. The van der Waals surface area contributed by atoms with Crippen LogP contribution in [0, 0.1) is 23.2 Å². The second-order valence-corrected chi connectivity index (χ2v) is 6.62. The van der Waals surface area contributed by atoms with Crippen LogP contribution in [-0.4, -0.2) is 11.8 Å². The van der Waals surface area contributed by atoms with Crippen LogP contribution in [0.25, 0.3) is 0 Å². The van der Waals surface area contributed by atoms with Crippen molar-refractivity contribution in [3.8, 4) is 6.07 Å². The average molecular weight is 374 g/mol. The van der Waals surface area contributed by atoms with E-state index in [0.29, 0.717) is 33.4 Å². The van der Waals surface area contributed by atoms with Crippen LogP contribution in [0.3, 0.4) is 0 Å². The number of carbonyl (C=O) groups is 2. The second kappa shape index (κ2) is 7.14. The van der Waals surface area contributed by atoms with Crippen LogP contribution in [0.5, 0.6) is 0 Å². The topological polar surface area (TPSA) is 82.0 Å². The molecule has 0 bridgehead atoms. The number of nitrogens with zero attached hydrogens (tertiary/aromatic N) is 1. The molecule has 1 fully saturated rings. The van der Waals surface area contributed by atoms with Crippen LogP contribution in [0.4, 0.5) is 11.4 Å². The number of carbonyl (C=O) groups excluding carboxylic acids is 2. The van der Waals surface area contributed by atoms with Gasteiger partial charge < -0.3 is 10.6 Å². The molecule has 2 amide bonds. The molecule has 126 valence electrons. The number of hydrogen-bond donors (Lipinski definition) is 2. The molecule has 2 atom stereocenters. The Bertz CT molecular complexity index is 872. The first-order chi connectivity index (χ1) is 12.0. The summed E-state index contributed by atoms with van der Waals surface area (Å²) in [5, 5.41) is 15.3. The molecule has 0 aliphatic heterocycles. The Balaban J connectivity index is 1.61. The minimum Gasteiger partial charge on any atom is -0.326 e. The highest BCUT2D eigenvalue weighted by molar-refractivity contribution is 6.35. The fourth-order valence-electron chi connectivity index (χ4n) is 2.55. The van der Waals surface area contributed by atoms with Crippen molar-refractivity contribution in [1.29, 1.82) is 5.26 Å². The van der Waals surface area contributed by atoms with Crippen molar-refractivity contribution in [3.05, 3.63) is 58.1 Å². The van der Waals surface area contributed by atoms with Gasteiger partial charge in [0.1, 0.15) is 6.07 Å². The normalized spacial score (nSPS) is 18.1. The molecule has 2 N–H and O–H groups in total. The Morgan fingerprint density at radius 3 is 2.24 bits per heavy atom. The minimum atomic E-state index is -0.415. The molecule has 2 unspecified atom stereocenters. The number of benzene rings is 2. The van der Waals surface area contributed by atoms with Gasteiger partial charge in [0.2, 0.25) is 11.8 Å². The van der Waals surface area contributed by atoms with E-state index in [0.717, 1.165) is 0 Å². The number of anilines is 2. The van der Waals surface area contributed by atoms with Crippen molar-refractivity contribution < 1.29 is 9.59 Å². The highest BCUT2D eigenvalue weighted by atomic mass is 35.5. The van der Waals surface area contributed by atoms with Gasteiger partial charge in [-0.2, -0.15) is 5.26 Å². The molecule has 0 spiro atoms. The monoisotopic (exact) mass is 373 g/mol. The van der Waals surface area contributed by atoms with Crippen molar-refractivity contribution >= 4 is 46.4 Å². The molecular formula is C18H13Cl2N3O2. The van der Waals surface area contributed by atoms with E-state index in [1.165, 1.54) is 0 Å². The zero-order valence-electron chi connectivity index (χ0n) is 12.9. The Morgan fingerprint density at radius 1 is 1.00 bits per heavy atom. The van der Waals surface area contributed by atoms with Gasteiger partial charge in [-0.3, -0.25) is 9.59 Å². The van der Waals surface area contributed by atoms with Crippen molar-refractivity contribution in [2.75, 3.05) is 10.6 Å². The molecule has 0 radical (unpaired) electrons. The van der Waals surface area contributed by atoms with Gasteiger partial charge in [-0.25, -0.2) is 0 Å². The lowest BCUT2D eigenvalue weighted by molar-refractivity contribution is -0.122.